The minimum atomic E-state index is -1.21. The van der Waals surface area contributed by atoms with Gasteiger partial charge in [-0.1, -0.05) is 12.1 Å². The maximum atomic E-state index is 10.6. The molecule has 16 heavy (non-hydrogen) atoms. The van der Waals surface area contributed by atoms with E-state index in [0.717, 1.165) is 16.9 Å². The van der Waals surface area contributed by atoms with Gasteiger partial charge in [-0.25, -0.2) is 4.98 Å². The van der Waals surface area contributed by atoms with Crippen LogP contribution in [0.4, 0.5) is 0 Å². The molecule has 1 heterocycles. The zero-order valence-electron chi connectivity index (χ0n) is 8.47. The van der Waals surface area contributed by atoms with Gasteiger partial charge in [-0.2, -0.15) is 0 Å². The molecule has 5 heteroatoms. The molecule has 0 N–H and O–H groups in total. The molecule has 0 bridgehead atoms. The van der Waals surface area contributed by atoms with Gasteiger partial charge in [0, 0.05) is 6.20 Å². The van der Waals surface area contributed by atoms with Crippen LogP contribution in [0.3, 0.4) is 0 Å². The number of hydrogen-bond donors (Lipinski definition) is 0. The van der Waals surface area contributed by atoms with Gasteiger partial charge in [0.15, 0.2) is 0 Å². The lowest BCUT2D eigenvalue weighted by molar-refractivity contribution is -0.254. The third kappa shape index (κ3) is 1.90. The number of thiazole rings is 1. The normalized spacial score (nSPS) is 10.1. The highest BCUT2D eigenvalue weighted by atomic mass is 32.1. The van der Waals surface area contributed by atoms with E-state index in [9.17, 15) is 9.90 Å². The fourth-order valence-corrected chi connectivity index (χ4v) is 2.10. The number of benzene rings is 1. The lowest BCUT2D eigenvalue weighted by atomic mass is 10.2. The molecule has 2 aromatic rings. The Labute approximate surface area is 96.1 Å². The van der Waals surface area contributed by atoms with Crippen molar-refractivity contribution in [1.29, 1.82) is 0 Å². The Morgan fingerprint density at radius 1 is 1.44 bits per heavy atom. The van der Waals surface area contributed by atoms with Gasteiger partial charge in [-0.05, 0) is 12.1 Å². The Bertz CT molecular complexity index is 521. The SMILES string of the molecule is COc1ccccc1-c1ncc(C(=O)[O-])s1. The summed E-state index contributed by atoms with van der Waals surface area (Å²) in [5, 5.41) is 11.2. The molecule has 0 aliphatic heterocycles. The van der Waals surface area contributed by atoms with Crippen LogP contribution < -0.4 is 9.84 Å². The van der Waals surface area contributed by atoms with Crippen molar-refractivity contribution in [2.45, 2.75) is 0 Å². The van der Waals surface area contributed by atoms with Gasteiger partial charge in [-0.15, -0.1) is 11.3 Å². The lowest BCUT2D eigenvalue weighted by Crippen LogP contribution is -2.20. The van der Waals surface area contributed by atoms with Crippen molar-refractivity contribution >= 4 is 17.3 Å². The molecule has 4 nitrogen and oxygen atoms in total. The summed E-state index contributed by atoms with van der Waals surface area (Å²) >= 11 is 1.07. The maximum Gasteiger partial charge on any atom is 0.129 e. The van der Waals surface area contributed by atoms with Crippen molar-refractivity contribution in [2.24, 2.45) is 0 Å². The summed E-state index contributed by atoms with van der Waals surface area (Å²) in [5.74, 6) is -0.541. The molecule has 0 aliphatic rings. The number of carbonyl (C=O) groups excluding carboxylic acids is 1. The van der Waals surface area contributed by atoms with E-state index in [2.05, 4.69) is 4.98 Å². The van der Waals surface area contributed by atoms with Crippen molar-refractivity contribution in [3.8, 4) is 16.3 Å². The number of methoxy groups -OCH3 is 1. The Kier molecular flexibility index (Phi) is 2.87. The van der Waals surface area contributed by atoms with Gasteiger partial charge in [0.05, 0.1) is 23.5 Å². The molecule has 1 aromatic carbocycles. The third-order valence-corrected chi connectivity index (χ3v) is 3.05. The number of rotatable bonds is 3. The summed E-state index contributed by atoms with van der Waals surface area (Å²) in [5.41, 5.74) is 0.780. The highest BCUT2D eigenvalue weighted by Gasteiger charge is 2.09. The van der Waals surface area contributed by atoms with E-state index in [1.807, 2.05) is 18.2 Å². The first-order valence-corrected chi connectivity index (χ1v) is 5.34. The number of ether oxygens (including phenoxy) is 1. The molecule has 0 saturated heterocycles. The largest absolute Gasteiger partial charge is 0.544 e. The van der Waals surface area contributed by atoms with Crippen LogP contribution in [-0.2, 0) is 0 Å². The van der Waals surface area contributed by atoms with Gasteiger partial charge in [0.2, 0.25) is 0 Å². The average molecular weight is 234 g/mol. The summed E-state index contributed by atoms with van der Waals surface area (Å²) in [6.07, 6.45) is 1.29. The molecule has 0 unspecified atom stereocenters. The molecule has 0 radical (unpaired) electrons. The number of nitrogens with zero attached hydrogens (tertiary/aromatic N) is 1. The first-order valence-electron chi connectivity index (χ1n) is 4.53. The Morgan fingerprint density at radius 2 is 2.19 bits per heavy atom. The van der Waals surface area contributed by atoms with Crippen molar-refractivity contribution in [2.75, 3.05) is 7.11 Å². The topological polar surface area (TPSA) is 62.2 Å². The predicted molar refractivity (Wildman–Crippen MR) is 58.4 cm³/mol. The standard InChI is InChI=1S/C11H9NO3S/c1-15-8-5-3-2-4-7(8)10-12-6-9(16-10)11(13)14/h2-6H,1H3,(H,13,14)/p-1. The molecule has 1 aromatic heterocycles. The van der Waals surface area contributed by atoms with Gasteiger partial charge in [0.25, 0.3) is 0 Å². The molecule has 0 spiro atoms. The van der Waals surface area contributed by atoms with E-state index in [1.165, 1.54) is 6.20 Å². The molecule has 0 atom stereocenters. The van der Waals surface area contributed by atoms with E-state index in [4.69, 9.17) is 4.74 Å². The number of hydrogen-bond acceptors (Lipinski definition) is 5. The molecular formula is C11H8NO3S-. The van der Waals surface area contributed by atoms with Crippen LogP contribution in [0.2, 0.25) is 0 Å². The summed E-state index contributed by atoms with van der Waals surface area (Å²) < 4.78 is 5.17. The minimum Gasteiger partial charge on any atom is -0.544 e. The number of aromatic carboxylic acids is 1. The fraction of sp³-hybridized carbons (Fsp3) is 0.0909. The minimum absolute atomic E-state index is 0.112. The highest BCUT2D eigenvalue weighted by molar-refractivity contribution is 7.16. The van der Waals surface area contributed by atoms with Crippen LogP contribution in [0.5, 0.6) is 5.75 Å². The Morgan fingerprint density at radius 3 is 2.81 bits per heavy atom. The van der Waals surface area contributed by atoms with Crippen LogP contribution in [0.25, 0.3) is 10.6 Å². The number of para-hydroxylation sites is 1. The maximum absolute atomic E-state index is 10.6. The molecule has 0 saturated carbocycles. The summed E-state index contributed by atoms with van der Waals surface area (Å²) in [6, 6.07) is 7.32. The van der Waals surface area contributed by atoms with Crippen LogP contribution in [0.15, 0.2) is 30.5 Å². The Balaban J connectivity index is 2.46. The zero-order valence-corrected chi connectivity index (χ0v) is 9.28. The van der Waals surface area contributed by atoms with Crippen LogP contribution in [0, 0.1) is 0 Å². The molecule has 0 fully saturated rings. The second-order valence-corrected chi connectivity index (χ2v) is 4.05. The number of aromatic nitrogens is 1. The summed E-state index contributed by atoms with van der Waals surface area (Å²) in [6.45, 7) is 0. The van der Waals surface area contributed by atoms with Crippen molar-refractivity contribution in [3.63, 3.8) is 0 Å². The molecule has 0 amide bonds. The second kappa shape index (κ2) is 4.32. The van der Waals surface area contributed by atoms with E-state index in [1.54, 1.807) is 13.2 Å². The molecule has 0 aliphatic carbocycles. The van der Waals surface area contributed by atoms with Crippen LogP contribution in [0.1, 0.15) is 9.67 Å². The van der Waals surface area contributed by atoms with E-state index >= 15 is 0 Å². The van der Waals surface area contributed by atoms with Crippen molar-refractivity contribution in [1.82, 2.24) is 4.98 Å². The number of carbonyl (C=O) groups is 1. The van der Waals surface area contributed by atoms with E-state index in [-0.39, 0.29) is 4.88 Å². The van der Waals surface area contributed by atoms with Gasteiger partial charge in [-0.3, -0.25) is 0 Å². The average Bonchev–Trinajstić information content (AvgIpc) is 2.78. The zero-order chi connectivity index (χ0) is 11.5. The number of carboxylic acid groups (broad SMARTS) is 1. The molecule has 2 rings (SSSR count). The number of carboxylic acids is 1. The van der Waals surface area contributed by atoms with Gasteiger partial charge in [0.1, 0.15) is 10.8 Å². The lowest BCUT2D eigenvalue weighted by Gasteiger charge is -2.04. The smallest absolute Gasteiger partial charge is 0.129 e. The van der Waals surface area contributed by atoms with Gasteiger partial charge < -0.3 is 14.6 Å². The van der Waals surface area contributed by atoms with Crippen LogP contribution >= 0.6 is 11.3 Å². The second-order valence-electron chi connectivity index (χ2n) is 3.02. The predicted octanol–water partition coefficient (Wildman–Crippen LogP) is 1.18. The first kappa shape index (κ1) is 10.6. The van der Waals surface area contributed by atoms with E-state index in [0.29, 0.717) is 10.8 Å². The summed E-state index contributed by atoms with van der Waals surface area (Å²) in [4.78, 5) is 14.8. The highest BCUT2D eigenvalue weighted by Crippen LogP contribution is 2.32. The first-order chi connectivity index (χ1) is 7.72. The quantitative estimate of drug-likeness (QED) is 0.800. The Hall–Kier alpha value is -1.88. The van der Waals surface area contributed by atoms with E-state index < -0.39 is 5.97 Å². The third-order valence-electron chi connectivity index (χ3n) is 2.04. The molecular weight excluding hydrogens is 226 g/mol. The van der Waals surface area contributed by atoms with Crippen molar-refractivity contribution in [3.05, 3.63) is 35.3 Å². The summed E-state index contributed by atoms with van der Waals surface area (Å²) in [7, 11) is 1.56. The van der Waals surface area contributed by atoms with Gasteiger partial charge >= 0.3 is 0 Å². The monoisotopic (exact) mass is 234 g/mol. The van der Waals surface area contributed by atoms with Crippen molar-refractivity contribution < 1.29 is 14.6 Å². The fourth-order valence-electron chi connectivity index (χ4n) is 1.31. The van der Waals surface area contributed by atoms with Crippen LogP contribution in [-0.4, -0.2) is 18.1 Å². The molecule has 82 valence electrons.